The third kappa shape index (κ3) is 3.03. The summed E-state index contributed by atoms with van der Waals surface area (Å²) < 4.78 is 1.63. The normalized spacial score (nSPS) is 10.6. The molecule has 0 saturated heterocycles. The number of aromatic nitrogens is 2. The Labute approximate surface area is 144 Å². The molecule has 21 heavy (non-hydrogen) atoms. The summed E-state index contributed by atoms with van der Waals surface area (Å²) in [5.41, 5.74) is 2.67. The van der Waals surface area contributed by atoms with Gasteiger partial charge in [-0.25, -0.2) is 9.97 Å². The average Bonchev–Trinajstić information content (AvgIpc) is 2.51. The zero-order valence-corrected chi connectivity index (χ0v) is 14.7. The lowest BCUT2D eigenvalue weighted by Gasteiger charge is -2.09. The minimum Gasteiger partial charge on any atom is -0.227 e. The lowest BCUT2D eigenvalue weighted by atomic mass is 10.1. The second-order valence-electron chi connectivity index (χ2n) is 4.35. The summed E-state index contributed by atoms with van der Waals surface area (Å²) in [4.78, 5) is 9.03. The zero-order chi connectivity index (χ0) is 14.8. The molecule has 0 unspecified atom stereocenters. The zero-order valence-electron chi connectivity index (χ0n) is 10.7. The number of benzene rings is 2. The molecule has 0 atom stereocenters. The van der Waals surface area contributed by atoms with Crippen molar-refractivity contribution in [2.45, 2.75) is 0 Å². The molecule has 0 aliphatic rings. The van der Waals surface area contributed by atoms with Gasteiger partial charge in [0, 0.05) is 15.6 Å². The number of rotatable bonds is 2. The summed E-state index contributed by atoms with van der Waals surface area (Å²) >= 11 is 13.3. The monoisotopic (exact) mass is 422 g/mol. The molecule has 0 aliphatic carbocycles. The quantitative estimate of drug-likeness (QED) is 0.472. The van der Waals surface area contributed by atoms with Crippen molar-refractivity contribution in [2.24, 2.45) is 0 Å². The molecule has 5 heteroatoms. The Bertz CT molecular complexity index is 792. The van der Waals surface area contributed by atoms with Gasteiger partial charge in [-0.1, -0.05) is 76.1 Å². The van der Waals surface area contributed by atoms with Gasteiger partial charge in [-0.3, -0.25) is 0 Å². The van der Waals surface area contributed by atoms with E-state index in [0.29, 0.717) is 15.5 Å². The summed E-state index contributed by atoms with van der Waals surface area (Å²) in [6, 6.07) is 17.7. The van der Waals surface area contributed by atoms with Crippen LogP contribution in [0.2, 0.25) is 5.15 Å². The largest absolute Gasteiger partial charge is 0.227 e. The number of hydrogen-bond acceptors (Lipinski definition) is 2. The van der Waals surface area contributed by atoms with Gasteiger partial charge in [0.15, 0.2) is 5.82 Å². The first kappa shape index (κ1) is 14.7. The molecule has 2 aromatic carbocycles. The molecule has 3 rings (SSSR count). The van der Waals surface area contributed by atoms with Gasteiger partial charge >= 0.3 is 0 Å². The van der Waals surface area contributed by atoms with E-state index >= 15 is 0 Å². The van der Waals surface area contributed by atoms with E-state index in [-0.39, 0.29) is 0 Å². The summed E-state index contributed by atoms with van der Waals surface area (Å²) in [5, 5.41) is 0.398. The Morgan fingerprint density at radius 2 is 1.48 bits per heavy atom. The molecule has 1 aromatic heterocycles. The van der Waals surface area contributed by atoms with Crippen molar-refractivity contribution in [1.82, 2.24) is 9.97 Å². The van der Waals surface area contributed by atoms with Crippen LogP contribution in [0.15, 0.2) is 63.5 Å². The smallest absolute Gasteiger partial charge is 0.162 e. The van der Waals surface area contributed by atoms with E-state index in [2.05, 4.69) is 41.8 Å². The van der Waals surface area contributed by atoms with Crippen LogP contribution in [0.1, 0.15) is 0 Å². The van der Waals surface area contributed by atoms with E-state index in [9.17, 15) is 0 Å². The molecular weight excluding hydrogens is 415 g/mol. The Balaban J connectivity index is 2.22. The van der Waals surface area contributed by atoms with Crippen molar-refractivity contribution in [3.63, 3.8) is 0 Å². The predicted molar refractivity (Wildman–Crippen MR) is 93.3 cm³/mol. The fourth-order valence-corrected chi connectivity index (χ4v) is 3.01. The molecule has 0 bridgehead atoms. The molecule has 0 aliphatic heterocycles. The summed E-state index contributed by atoms with van der Waals surface area (Å²) in [6.07, 6.45) is 0. The standard InChI is InChI=1S/C16H9Br2ClN2/c17-12-9-5-4-8-11(12)16-20-14(13(18)15(19)21-16)10-6-2-1-3-7-10/h1-9H. The molecule has 0 N–H and O–H groups in total. The van der Waals surface area contributed by atoms with Crippen LogP contribution in [0.4, 0.5) is 0 Å². The average molecular weight is 425 g/mol. The highest BCUT2D eigenvalue weighted by Gasteiger charge is 2.14. The molecule has 104 valence electrons. The van der Waals surface area contributed by atoms with Gasteiger partial charge in [0.2, 0.25) is 0 Å². The van der Waals surface area contributed by atoms with Crippen molar-refractivity contribution >= 4 is 43.5 Å². The minimum absolute atomic E-state index is 0.398. The Morgan fingerprint density at radius 1 is 0.810 bits per heavy atom. The van der Waals surface area contributed by atoms with Crippen LogP contribution in [-0.4, -0.2) is 9.97 Å². The fourth-order valence-electron chi connectivity index (χ4n) is 1.97. The van der Waals surface area contributed by atoms with E-state index in [0.717, 1.165) is 21.3 Å². The van der Waals surface area contributed by atoms with Gasteiger partial charge in [-0.2, -0.15) is 0 Å². The van der Waals surface area contributed by atoms with Crippen LogP contribution in [0.25, 0.3) is 22.6 Å². The van der Waals surface area contributed by atoms with Crippen LogP contribution < -0.4 is 0 Å². The van der Waals surface area contributed by atoms with Gasteiger partial charge in [0.05, 0.1) is 10.2 Å². The van der Waals surface area contributed by atoms with Crippen molar-refractivity contribution < 1.29 is 0 Å². The topological polar surface area (TPSA) is 25.8 Å². The lowest BCUT2D eigenvalue weighted by molar-refractivity contribution is 1.16. The number of nitrogens with zero attached hydrogens (tertiary/aromatic N) is 2. The van der Waals surface area contributed by atoms with Gasteiger partial charge in [-0.05, 0) is 22.0 Å². The van der Waals surface area contributed by atoms with E-state index in [4.69, 9.17) is 11.6 Å². The molecule has 0 fully saturated rings. The van der Waals surface area contributed by atoms with Crippen LogP contribution >= 0.6 is 43.5 Å². The molecule has 0 spiro atoms. The van der Waals surface area contributed by atoms with E-state index in [1.807, 2.05) is 54.6 Å². The van der Waals surface area contributed by atoms with E-state index in [1.165, 1.54) is 0 Å². The van der Waals surface area contributed by atoms with Crippen LogP contribution in [0.3, 0.4) is 0 Å². The first-order chi connectivity index (χ1) is 10.2. The SMILES string of the molecule is Clc1nc(-c2ccccc2Br)nc(-c2ccccc2)c1Br. The highest BCUT2D eigenvalue weighted by Crippen LogP contribution is 2.34. The van der Waals surface area contributed by atoms with Crippen molar-refractivity contribution in [2.75, 3.05) is 0 Å². The highest BCUT2D eigenvalue weighted by atomic mass is 79.9. The van der Waals surface area contributed by atoms with Gasteiger partial charge in [0.1, 0.15) is 5.15 Å². The molecular formula is C16H9Br2ClN2. The Kier molecular flexibility index (Phi) is 4.38. The first-order valence-electron chi connectivity index (χ1n) is 6.20. The van der Waals surface area contributed by atoms with Gasteiger partial charge < -0.3 is 0 Å². The number of halogens is 3. The maximum absolute atomic E-state index is 6.26. The van der Waals surface area contributed by atoms with Crippen molar-refractivity contribution in [3.05, 3.63) is 68.7 Å². The minimum atomic E-state index is 0.398. The van der Waals surface area contributed by atoms with E-state index in [1.54, 1.807) is 0 Å². The van der Waals surface area contributed by atoms with Crippen molar-refractivity contribution in [1.29, 1.82) is 0 Å². The number of hydrogen-bond donors (Lipinski definition) is 0. The molecule has 0 radical (unpaired) electrons. The van der Waals surface area contributed by atoms with Gasteiger partial charge in [-0.15, -0.1) is 0 Å². The maximum Gasteiger partial charge on any atom is 0.162 e. The molecule has 2 nitrogen and oxygen atoms in total. The highest BCUT2D eigenvalue weighted by molar-refractivity contribution is 9.11. The Morgan fingerprint density at radius 3 is 2.19 bits per heavy atom. The van der Waals surface area contributed by atoms with E-state index < -0.39 is 0 Å². The summed E-state index contributed by atoms with van der Waals surface area (Å²) in [5.74, 6) is 0.592. The third-order valence-electron chi connectivity index (χ3n) is 2.97. The first-order valence-corrected chi connectivity index (χ1v) is 8.16. The molecule has 1 heterocycles. The summed E-state index contributed by atoms with van der Waals surface area (Å²) in [6.45, 7) is 0. The van der Waals surface area contributed by atoms with Gasteiger partial charge in [0.25, 0.3) is 0 Å². The molecule has 3 aromatic rings. The molecule has 0 saturated carbocycles. The maximum atomic E-state index is 6.26. The fraction of sp³-hybridized carbons (Fsp3) is 0. The third-order valence-corrected chi connectivity index (χ3v) is 4.92. The lowest BCUT2D eigenvalue weighted by Crippen LogP contribution is -1.95. The molecule has 0 amide bonds. The second-order valence-corrected chi connectivity index (χ2v) is 6.35. The second kappa shape index (κ2) is 6.26. The van der Waals surface area contributed by atoms with Crippen molar-refractivity contribution in [3.8, 4) is 22.6 Å². The van der Waals surface area contributed by atoms with Crippen LogP contribution in [-0.2, 0) is 0 Å². The summed E-state index contributed by atoms with van der Waals surface area (Å²) in [7, 11) is 0. The van der Waals surface area contributed by atoms with Crippen LogP contribution in [0.5, 0.6) is 0 Å². The predicted octanol–water partition coefficient (Wildman–Crippen LogP) is 5.99. The van der Waals surface area contributed by atoms with Crippen LogP contribution in [0, 0.1) is 0 Å². The Hall–Kier alpha value is -1.23.